The second-order valence-corrected chi connectivity index (χ2v) is 11.3. The minimum atomic E-state index is -0.190. The molecule has 0 aliphatic rings. The molecule has 0 aliphatic heterocycles. The molecular formula is C33H29N7O2. The maximum atomic E-state index is 12.7. The van der Waals surface area contributed by atoms with Crippen LogP contribution in [0.2, 0.25) is 0 Å². The van der Waals surface area contributed by atoms with Gasteiger partial charge in [-0.1, -0.05) is 62.3 Å². The summed E-state index contributed by atoms with van der Waals surface area (Å²) >= 11 is 0. The number of benzene rings is 2. The van der Waals surface area contributed by atoms with E-state index in [1.54, 1.807) is 10.7 Å². The highest BCUT2D eigenvalue weighted by atomic mass is 16.5. The zero-order chi connectivity index (χ0) is 29.4. The molecule has 0 saturated heterocycles. The maximum Gasteiger partial charge on any atom is 0.230 e. The predicted molar refractivity (Wildman–Crippen MR) is 161 cm³/mol. The number of fused-ring (bicyclic) bond motifs is 1. The van der Waals surface area contributed by atoms with Crippen molar-refractivity contribution in [2.75, 3.05) is 5.32 Å². The van der Waals surface area contributed by atoms with E-state index < -0.39 is 0 Å². The molecule has 4 heterocycles. The first-order valence-electron chi connectivity index (χ1n) is 13.6. The number of amides is 1. The van der Waals surface area contributed by atoms with Crippen LogP contribution in [-0.4, -0.2) is 30.5 Å². The van der Waals surface area contributed by atoms with Gasteiger partial charge < -0.3 is 9.84 Å². The highest BCUT2D eigenvalue weighted by Crippen LogP contribution is 2.36. The van der Waals surface area contributed by atoms with Crippen LogP contribution in [0.1, 0.15) is 37.7 Å². The Balaban J connectivity index is 1.31. The van der Waals surface area contributed by atoms with Gasteiger partial charge in [0.1, 0.15) is 5.76 Å². The smallest absolute Gasteiger partial charge is 0.230 e. The van der Waals surface area contributed by atoms with Gasteiger partial charge in [0.15, 0.2) is 5.82 Å². The molecule has 0 atom stereocenters. The Labute approximate surface area is 243 Å². The number of nitrogens with one attached hydrogen (secondary N) is 1. The molecule has 0 bridgehead atoms. The van der Waals surface area contributed by atoms with E-state index in [0.717, 1.165) is 44.5 Å². The van der Waals surface area contributed by atoms with E-state index in [-0.39, 0.29) is 17.7 Å². The molecule has 0 aliphatic carbocycles. The molecule has 42 heavy (non-hydrogen) atoms. The number of hydrogen-bond acceptors (Lipinski definition) is 6. The molecule has 4 aromatic heterocycles. The third-order valence-electron chi connectivity index (χ3n) is 7.12. The SMILES string of the molecule is Cn1cc(-c2cc(-c3ccc(C#N)cc3)c3c(-c4ccc(CC(=O)Nc5cc(C(C)(C)C)on5)cc4)cnn3c2)cn1. The lowest BCUT2D eigenvalue weighted by Gasteiger charge is -2.12. The van der Waals surface area contributed by atoms with E-state index in [2.05, 4.69) is 27.7 Å². The number of anilines is 1. The number of pyridine rings is 1. The molecule has 0 radical (unpaired) electrons. The average Bonchev–Trinajstić information content (AvgIpc) is 3.73. The fourth-order valence-electron chi connectivity index (χ4n) is 4.87. The zero-order valence-electron chi connectivity index (χ0n) is 23.8. The minimum Gasteiger partial charge on any atom is -0.359 e. The van der Waals surface area contributed by atoms with E-state index in [0.29, 0.717) is 17.1 Å². The predicted octanol–water partition coefficient (Wildman–Crippen LogP) is 6.41. The first kappa shape index (κ1) is 26.7. The highest BCUT2D eigenvalue weighted by Gasteiger charge is 2.21. The Bertz CT molecular complexity index is 1950. The summed E-state index contributed by atoms with van der Waals surface area (Å²) in [7, 11) is 1.89. The summed E-state index contributed by atoms with van der Waals surface area (Å²) in [6.45, 7) is 6.08. The monoisotopic (exact) mass is 555 g/mol. The Morgan fingerprint density at radius 2 is 1.62 bits per heavy atom. The van der Waals surface area contributed by atoms with Crippen LogP contribution < -0.4 is 5.32 Å². The molecule has 208 valence electrons. The molecular weight excluding hydrogens is 526 g/mol. The molecule has 0 spiro atoms. The van der Waals surface area contributed by atoms with Gasteiger partial charge in [0.25, 0.3) is 0 Å². The van der Waals surface area contributed by atoms with Gasteiger partial charge in [-0.3, -0.25) is 9.48 Å². The van der Waals surface area contributed by atoms with E-state index in [1.165, 1.54) is 0 Å². The highest BCUT2D eigenvalue weighted by molar-refractivity contribution is 5.95. The van der Waals surface area contributed by atoms with Crippen LogP contribution in [-0.2, 0) is 23.7 Å². The van der Waals surface area contributed by atoms with Gasteiger partial charge in [-0.05, 0) is 34.9 Å². The number of nitriles is 1. The van der Waals surface area contributed by atoms with Gasteiger partial charge in [0.2, 0.25) is 5.91 Å². The lowest BCUT2D eigenvalue weighted by molar-refractivity contribution is -0.115. The lowest BCUT2D eigenvalue weighted by Crippen LogP contribution is -2.14. The second-order valence-electron chi connectivity index (χ2n) is 11.3. The molecule has 6 aromatic rings. The number of hydrogen-bond donors (Lipinski definition) is 1. The van der Waals surface area contributed by atoms with Gasteiger partial charge in [0, 0.05) is 53.2 Å². The van der Waals surface area contributed by atoms with Crippen molar-refractivity contribution in [3.05, 3.63) is 102 Å². The summed E-state index contributed by atoms with van der Waals surface area (Å²) in [5, 5.41) is 25.1. The molecule has 9 nitrogen and oxygen atoms in total. The Morgan fingerprint density at radius 1 is 0.905 bits per heavy atom. The molecule has 9 heteroatoms. The largest absolute Gasteiger partial charge is 0.359 e. The summed E-state index contributed by atoms with van der Waals surface area (Å²) in [6, 6.07) is 21.6. The summed E-state index contributed by atoms with van der Waals surface area (Å²) in [6.07, 6.45) is 7.85. The third-order valence-corrected chi connectivity index (χ3v) is 7.12. The zero-order valence-corrected chi connectivity index (χ0v) is 23.8. The van der Waals surface area contributed by atoms with Crippen molar-refractivity contribution in [1.82, 2.24) is 24.6 Å². The average molecular weight is 556 g/mol. The second kappa shape index (κ2) is 10.5. The first-order valence-corrected chi connectivity index (χ1v) is 13.6. The van der Waals surface area contributed by atoms with Crippen LogP contribution in [0, 0.1) is 11.3 Å². The van der Waals surface area contributed by atoms with E-state index in [4.69, 9.17) is 9.62 Å². The molecule has 0 unspecified atom stereocenters. The van der Waals surface area contributed by atoms with Gasteiger partial charge in [-0.2, -0.15) is 15.5 Å². The molecule has 6 rings (SSSR count). The number of carbonyl (C=O) groups excluding carboxylic acids is 1. The van der Waals surface area contributed by atoms with Crippen LogP contribution in [0.25, 0.3) is 38.9 Å². The Hall–Kier alpha value is -5.49. The van der Waals surface area contributed by atoms with E-state index >= 15 is 0 Å². The van der Waals surface area contributed by atoms with Crippen molar-refractivity contribution in [2.24, 2.45) is 7.05 Å². The molecule has 1 amide bonds. The van der Waals surface area contributed by atoms with Crippen LogP contribution in [0.3, 0.4) is 0 Å². The summed E-state index contributed by atoms with van der Waals surface area (Å²) in [4.78, 5) is 12.7. The van der Waals surface area contributed by atoms with Crippen molar-refractivity contribution < 1.29 is 9.32 Å². The summed E-state index contributed by atoms with van der Waals surface area (Å²) < 4.78 is 9.02. The number of rotatable bonds is 6. The van der Waals surface area contributed by atoms with Crippen LogP contribution in [0.5, 0.6) is 0 Å². The van der Waals surface area contributed by atoms with E-state index in [9.17, 15) is 10.1 Å². The van der Waals surface area contributed by atoms with Crippen molar-refractivity contribution in [1.29, 1.82) is 5.26 Å². The minimum absolute atomic E-state index is 0.168. The van der Waals surface area contributed by atoms with Crippen molar-refractivity contribution >= 4 is 17.2 Å². The van der Waals surface area contributed by atoms with Crippen molar-refractivity contribution in [3.63, 3.8) is 0 Å². The Kier molecular flexibility index (Phi) is 6.67. The van der Waals surface area contributed by atoms with Crippen molar-refractivity contribution in [3.8, 4) is 39.4 Å². The van der Waals surface area contributed by atoms with Gasteiger partial charge in [-0.15, -0.1) is 0 Å². The standard InChI is InChI=1S/C33H29N7O2/c1-33(2,3)29-15-30(38-42-29)37-31(41)13-21-5-9-24(10-6-21)28-18-36-40-20-25(26-17-35-39(4)19-26)14-27(32(28)40)23-11-7-22(16-34)8-12-23/h5-12,14-15,17-20H,13H2,1-4H3,(H,37,38,41). The number of aromatic nitrogens is 5. The topological polar surface area (TPSA) is 114 Å². The van der Waals surface area contributed by atoms with E-state index in [1.807, 2.05) is 106 Å². The quantitative estimate of drug-likeness (QED) is 0.254. The van der Waals surface area contributed by atoms with Crippen LogP contribution in [0.4, 0.5) is 5.82 Å². The molecule has 0 saturated carbocycles. The molecule has 0 fully saturated rings. The lowest BCUT2D eigenvalue weighted by atomic mass is 9.93. The molecule has 2 aromatic carbocycles. The fraction of sp³-hybridized carbons (Fsp3) is 0.182. The van der Waals surface area contributed by atoms with Crippen LogP contribution in [0.15, 0.2) is 90.0 Å². The molecule has 1 N–H and O–H groups in total. The fourth-order valence-corrected chi connectivity index (χ4v) is 4.87. The van der Waals surface area contributed by atoms with Crippen molar-refractivity contribution in [2.45, 2.75) is 32.6 Å². The van der Waals surface area contributed by atoms with Gasteiger partial charge >= 0.3 is 0 Å². The normalized spacial score (nSPS) is 11.5. The number of carbonyl (C=O) groups is 1. The van der Waals surface area contributed by atoms with Gasteiger partial charge in [-0.25, -0.2) is 4.52 Å². The summed E-state index contributed by atoms with van der Waals surface area (Å²) in [5.41, 5.74) is 8.08. The summed E-state index contributed by atoms with van der Waals surface area (Å²) in [5.74, 6) is 0.955. The van der Waals surface area contributed by atoms with Crippen LogP contribution >= 0.6 is 0 Å². The number of aryl methyl sites for hydroxylation is 1. The maximum absolute atomic E-state index is 12.7. The third kappa shape index (κ3) is 5.30. The first-order chi connectivity index (χ1) is 20.2. The number of nitrogens with zero attached hydrogens (tertiary/aromatic N) is 6. The Morgan fingerprint density at radius 3 is 2.26 bits per heavy atom. The van der Waals surface area contributed by atoms with Gasteiger partial charge in [0.05, 0.1) is 36.0 Å².